The molecule has 0 radical (unpaired) electrons. The number of aromatic nitrogens is 2. The van der Waals surface area contributed by atoms with Gasteiger partial charge in [0.15, 0.2) is 0 Å². The third kappa shape index (κ3) is 4.34. The summed E-state index contributed by atoms with van der Waals surface area (Å²) in [4.78, 5) is 32.2. The maximum absolute atomic E-state index is 12.3. The molecular weight excluding hydrogens is 463 g/mol. The number of carbonyl (C=O) groups excluding carboxylic acids is 1. The molecule has 1 heterocycles. The molecule has 0 aliphatic carbocycles. The van der Waals surface area contributed by atoms with Crippen molar-refractivity contribution in [2.45, 2.75) is 19.4 Å². The van der Waals surface area contributed by atoms with Gasteiger partial charge in [-0.3, -0.25) is 10.1 Å². The van der Waals surface area contributed by atoms with Gasteiger partial charge in [0.05, 0.1) is 12.0 Å². The van der Waals surface area contributed by atoms with Crippen LogP contribution in [0.25, 0.3) is 0 Å². The number of carbonyl (C=O) groups is 1. The van der Waals surface area contributed by atoms with Gasteiger partial charge in [-0.1, -0.05) is 6.92 Å². The van der Waals surface area contributed by atoms with Gasteiger partial charge in [-0.25, -0.2) is 9.78 Å². The lowest BCUT2D eigenvalue weighted by Crippen LogP contribution is -2.39. The van der Waals surface area contributed by atoms with Crippen LogP contribution in [0.4, 0.5) is 17.2 Å². The normalized spacial score (nSPS) is 11.7. The molecule has 1 atom stereocenters. The van der Waals surface area contributed by atoms with Crippen molar-refractivity contribution >= 4 is 57.4 Å². The maximum Gasteiger partial charge on any atom is 0.330 e. The molecule has 0 bridgehead atoms. The highest BCUT2D eigenvalue weighted by atomic mass is 127. The SMILES string of the molecule is CCC(C(=O)OC)N(c1ccc(I)cc1)c1nc(Cl)ncc1[N+](=O)[O-]. The molecule has 0 saturated heterocycles. The highest BCUT2D eigenvalue weighted by molar-refractivity contribution is 14.1. The fourth-order valence-corrected chi connectivity index (χ4v) is 2.78. The molecule has 0 saturated carbocycles. The number of anilines is 2. The molecule has 0 N–H and O–H groups in total. The van der Waals surface area contributed by atoms with Gasteiger partial charge in [0.25, 0.3) is 0 Å². The molecule has 0 amide bonds. The van der Waals surface area contributed by atoms with E-state index in [-0.39, 0.29) is 16.8 Å². The Kier molecular flexibility index (Phi) is 6.48. The van der Waals surface area contributed by atoms with Crippen LogP contribution >= 0.6 is 34.2 Å². The number of methoxy groups -OCH3 is 1. The Hall–Kier alpha value is -2.01. The van der Waals surface area contributed by atoms with Crippen LogP contribution in [0.15, 0.2) is 30.5 Å². The van der Waals surface area contributed by atoms with E-state index in [1.807, 2.05) is 12.1 Å². The molecule has 10 heteroatoms. The van der Waals surface area contributed by atoms with E-state index in [4.69, 9.17) is 16.3 Å². The van der Waals surface area contributed by atoms with Crippen molar-refractivity contribution in [3.05, 3.63) is 49.4 Å². The Morgan fingerprint density at radius 1 is 1.44 bits per heavy atom. The van der Waals surface area contributed by atoms with Crippen LogP contribution in [0.1, 0.15) is 13.3 Å². The zero-order valence-corrected chi connectivity index (χ0v) is 16.3. The summed E-state index contributed by atoms with van der Waals surface area (Å²) >= 11 is 7.99. The number of esters is 1. The smallest absolute Gasteiger partial charge is 0.330 e. The van der Waals surface area contributed by atoms with Gasteiger partial charge >= 0.3 is 11.7 Å². The number of hydrogen-bond donors (Lipinski definition) is 0. The number of ether oxygens (including phenoxy) is 1. The first-order valence-corrected chi connectivity index (χ1v) is 8.64. The fraction of sp³-hybridized carbons (Fsp3) is 0.267. The maximum atomic E-state index is 12.3. The molecule has 1 unspecified atom stereocenters. The van der Waals surface area contributed by atoms with Gasteiger partial charge in [-0.05, 0) is 64.9 Å². The lowest BCUT2D eigenvalue weighted by atomic mass is 10.1. The van der Waals surface area contributed by atoms with Crippen LogP contribution in [0, 0.1) is 13.7 Å². The predicted molar refractivity (Wildman–Crippen MR) is 101 cm³/mol. The molecule has 0 spiro atoms. The summed E-state index contributed by atoms with van der Waals surface area (Å²) < 4.78 is 5.83. The van der Waals surface area contributed by atoms with Crippen LogP contribution in [0.2, 0.25) is 5.28 Å². The summed E-state index contributed by atoms with van der Waals surface area (Å²) in [6, 6.07) is 6.32. The van der Waals surface area contributed by atoms with Gasteiger partial charge in [0.2, 0.25) is 11.1 Å². The number of nitrogens with zero attached hydrogens (tertiary/aromatic N) is 4. The summed E-state index contributed by atoms with van der Waals surface area (Å²) in [6.45, 7) is 1.77. The summed E-state index contributed by atoms with van der Waals surface area (Å²) in [5.41, 5.74) is 0.195. The first kappa shape index (κ1) is 19.3. The number of rotatable bonds is 6. The van der Waals surface area contributed by atoms with E-state index in [1.54, 1.807) is 19.1 Å². The first-order chi connectivity index (χ1) is 11.9. The van der Waals surface area contributed by atoms with Gasteiger partial charge in [-0.15, -0.1) is 0 Å². The Morgan fingerprint density at radius 3 is 2.60 bits per heavy atom. The average Bonchev–Trinajstić information content (AvgIpc) is 2.59. The third-order valence-electron chi connectivity index (χ3n) is 3.42. The number of nitro groups is 1. The van der Waals surface area contributed by atoms with Gasteiger partial charge < -0.3 is 9.64 Å². The van der Waals surface area contributed by atoms with Crippen molar-refractivity contribution in [3.63, 3.8) is 0 Å². The van der Waals surface area contributed by atoms with Gasteiger partial charge in [0.1, 0.15) is 12.2 Å². The van der Waals surface area contributed by atoms with Gasteiger partial charge in [0, 0.05) is 9.26 Å². The van der Waals surface area contributed by atoms with Crippen molar-refractivity contribution in [3.8, 4) is 0 Å². The molecular formula is C15H14ClIN4O4. The zero-order valence-electron chi connectivity index (χ0n) is 13.3. The monoisotopic (exact) mass is 476 g/mol. The van der Waals surface area contributed by atoms with Crippen LogP contribution in [0.5, 0.6) is 0 Å². The molecule has 2 aromatic rings. The largest absolute Gasteiger partial charge is 0.467 e. The molecule has 25 heavy (non-hydrogen) atoms. The minimum Gasteiger partial charge on any atom is -0.467 e. The summed E-state index contributed by atoms with van der Waals surface area (Å²) in [5.74, 6) is -0.603. The summed E-state index contributed by atoms with van der Waals surface area (Å²) in [6.07, 6.45) is 1.37. The second-order valence-electron chi connectivity index (χ2n) is 4.90. The average molecular weight is 477 g/mol. The Bertz CT molecular complexity index is 788. The van der Waals surface area contributed by atoms with Crippen molar-refractivity contribution in [1.82, 2.24) is 9.97 Å². The fourth-order valence-electron chi connectivity index (χ4n) is 2.29. The quantitative estimate of drug-likeness (QED) is 0.206. The molecule has 0 fully saturated rings. The highest BCUT2D eigenvalue weighted by Gasteiger charge is 2.33. The Morgan fingerprint density at radius 2 is 2.08 bits per heavy atom. The van der Waals surface area contributed by atoms with E-state index in [0.29, 0.717) is 12.1 Å². The number of benzene rings is 1. The first-order valence-electron chi connectivity index (χ1n) is 7.18. The minimum absolute atomic E-state index is 0.0662. The Balaban J connectivity index is 2.71. The second-order valence-corrected chi connectivity index (χ2v) is 6.48. The topological polar surface area (TPSA) is 98.5 Å². The number of hydrogen-bond acceptors (Lipinski definition) is 7. The number of halogens is 2. The van der Waals surface area contributed by atoms with Crippen LogP contribution < -0.4 is 4.90 Å². The van der Waals surface area contributed by atoms with Crippen LogP contribution in [-0.2, 0) is 9.53 Å². The van der Waals surface area contributed by atoms with Crippen LogP contribution in [0.3, 0.4) is 0 Å². The molecule has 132 valence electrons. The van der Waals surface area contributed by atoms with Crippen molar-refractivity contribution in [2.24, 2.45) is 0 Å². The standard InChI is InChI=1S/C15H14ClIN4O4/c1-3-11(14(22)25-2)20(10-6-4-9(17)5-7-10)13-12(21(23)24)8-18-15(16)19-13/h4-8,11H,3H2,1-2H3. The Labute approximate surface area is 162 Å². The third-order valence-corrected chi connectivity index (χ3v) is 4.32. The van der Waals surface area contributed by atoms with E-state index < -0.39 is 16.9 Å². The van der Waals surface area contributed by atoms with E-state index in [0.717, 1.165) is 9.77 Å². The van der Waals surface area contributed by atoms with E-state index in [9.17, 15) is 14.9 Å². The van der Waals surface area contributed by atoms with E-state index >= 15 is 0 Å². The van der Waals surface area contributed by atoms with E-state index in [2.05, 4.69) is 32.6 Å². The predicted octanol–water partition coefficient (Wildman–Crippen LogP) is 3.73. The molecule has 8 nitrogen and oxygen atoms in total. The van der Waals surface area contributed by atoms with Crippen molar-refractivity contribution in [1.29, 1.82) is 0 Å². The second kappa shape index (κ2) is 8.39. The van der Waals surface area contributed by atoms with Crippen molar-refractivity contribution in [2.75, 3.05) is 12.0 Å². The van der Waals surface area contributed by atoms with E-state index in [1.165, 1.54) is 12.0 Å². The highest BCUT2D eigenvalue weighted by Crippen LogP contribution is 2.35. The summed E-state index contributed by atoms with van der Waals surface area (Å²) in [5, 5.41) is 11.3. The molecule has 0 aliphatic rings. The van der Waals surface area contributed by atoms with Crippen LogP contribution in [-0.4, -0.2) is 34.0 Å². The van der Waals surface area contributed by atoms with Gasteiger partial charge in [-0.2, -0.15) is 4.98 Å². The zero-order chi connectivity index (χ0) is 18.6. The molecule has 2 rings (SSSR count). The molecule has 0 aliphatic heterocycles. The lowest BCUT2D eigenvalue weighted by molar-refractivity contribution is -0.384. The minimum atomic E-state index is -0.810. The molecule has 1 aromatic carbocycles. The van der Waals surface area contributed by atoms with Crippen molar-refractivity contribution < 1.29 is 14.5 Å². The molecule has 1 aromatic heterocycles. The lowest BCUT2D eigenvalue weighted by Gasteiger charge is -2.29. The summed E-state index contributed by atoms with van der Waals surface area (Å²) in [7, 11) is 1.26.